The summed E-state index contributed by atoms with van der Waals surface area (Å²) >= 11 is 3.50. The first-order valence-corrected chi connectivity index (χ1v) is 8.29. The number of amides is 1. The Labute approximate surface area is 152 Å². The number of ether oxygens (including phenoxy) is 1. The number of benzene rings is 1. The highest BCUT2D eigenvalue weighted by atomic mass is 79.9. The molecule has 1 aromatic carbocycles. The number of hydrogen-bond acceptors (Lipinski definition) is 6. The van der Waals surface area contributed by atoms with Gasteiger partial charge in [-0.25, -0.2) is 9.78 Å². The van der Waals surface area contributed by atoms with Crippen LogP contribution < -0.4 is 11.1 Å². The Kier molecular flexibility index (Phi) is 4.34. The maximum absolute atomic E-state index is 11.8. The van der Waals surface area contributed by atoms with E-state index in [0.717, 1.165) is 5.56 Å². The van der Waals surface area contributed by atoms with E-state index in [-0.39, 0.29) is 0 Å². The van der Waals surface area contributed by atoms with Crippen molar-refractivity contribution in [1.82, 2.24) is 19.8 Å². The number of nitrogens with one attached hydrogen (secondary N) is 1. The molecule has 0 atom stereocenters. The van der Waals surface area contributed by atoms with Crippen LogP contribution in [0.4, 0.5) is 16.3 Å². The lowest BCUT2D eigenvalue weighted by atomic mass is 10.1. The Balaban J connectivity index is 1.85. The summed E-state index contributed by atoms with van der Waals surface area (Å²) in [5.74, 6) is 0.337. The summed E-state index contributed by atoms with van der Waals surface area (Å²) in [6.45, 7) is 5.43. The van der Waals surface area contributed by atoms with Crippen LogP contribution in [0.3, 0.4) is 0 Å². The van der Waals surface area contributed by atoms with Gasteiger partial charge in [0.25, 0.3) is 0 Å². The zero-order valence-corrected chi connectivity index (χ0v) is 15.5. The predicted molar refractivity (Wildman–Crippen MR) is 98.2 cm³/mol. The second kappa shape index (κ2) is 6.32. The molecule has 9 heteroatoms. The fourth-order valence-corrected chi connectivity index (χ4v) is 2.87. The Morgan fingerprint density at radius 3 is 2.56 bits per heavy atom. The Morgan fingerprint density at radius 2 is 1.96 bits per heavy atom. The molecule has 0 aliphatic carbocycles. The third-order valence-electron chi connectivity index (χ3n) is 3.21. The molecule has 0 spiro atoms. The molecule has 0 fully saturated rings. The lowest BCUT2D eigenvalue weighted by molar-refractivity contribution is 0.0636. The minimum atomic E-state index is -0.549. The van der Waals surface area contributed by atoms with Gasteiger partial charge in [-0.3, -0.25) is 5.32 Å². The molecule has 2 aromatic heterocycles. The molecule has 3 N–H and O–H groups in total. The molecule has 0 aliphatic rings. The van der Waals surface area contributed by atoms with Crippen molar-refractivity contribution in [2.75, 3.05) is 11.1 Å². The van der Waals surface area contributed by atoms with Gasteiger partial charge < -0.3 is 10.5 Å². The summed E-state index contributed by atoms with van der Waals surface area (Å²) in [4.78, 5) is 15.8. The maximum Gasteiger partial charge on any atom is 0.412 e. The van der Waals surface area contributed by atoms with Crippen LogP contribution >= 0.6 is 15.9 Å². The summed E-state index contributed by atoms with van der Waals surface area (Å²) in [6.07, 6.45) is 0.844. The molecule has 1 amide bonds. The van der Waals surface area contributed by atoms with Gasteiger partial charge in [-0.1, -0.05) is 12.1 Å². The first-order chi connectivity index (χ1) is 11.7. The second-order valence-electron chi connectivity index (χ2n) is 6.35. The highest BCUT2D eigenvalue weighted by Crippen LogP contribution is 2.32. The van der Waals surface area contributed by atoms with E-state index < -0.39 is 11.7 Å². The van der Waals surface area contributed by atoms with E-state index in [1.54, 1.807) is 12.1 Å². The fourth-order valence-electron chi connectivity index (χ4n) is 2.20. The van der Waals surface area contributed by atoms with Crippen LogP contribution in [0.1, 0.15) is 20.8 Å². The van der Waals surface area contributed by atoms with Gasteiger partial charge in [0, 0.05) is 11.3 Å². The van der Waals surface area contributed by atoms with Crippen molar-refractivity contribution < 1.29 is 9.53 Å². The van der Waals surface area contributed by atoms with Crippen LogP contribution in [0, 0.1) is 0 Å². The van der Waals surface area contributed by atoms with Crippen molar-refractivity contribution in [2.24, 2.45) is 0 Å². The Hall–Kier alpha value is -2.68. The molecule has 8 nitrogen and oxygen atoms in total. The van der Waals surface area contributed by atoms with Crippen LogP contribution in [-0.4, -0.2) is 31.5 Å². The zero-order valence-electron chi connectivity index (χ0n) is 13.9. The minimum Gasteiger partial charge on any atom is -0.444 e. The van der Waals surface area contributed by atoms with Crippen LogP contribution in [0.2, 0.25) is 0 Å². The van der Waals surface area contributed by atoms with Gasteiger partial charge in [-0.2, -0.15) is 0 Å². The number of aromatic nitrogens is 4. The van der Waals surface area contributed by atoms with Crippen molar-refractivity contribution >= 4 is 39.0 Å². The van der Waals surface area contributed by atoms with Gasteiger partial charge in [-0.15, -0.1) is 14.8 Å². The van der Waals surface area contributed by atoms with Gasteiger partial charge in [0.05, 0.1) is 4.47 Å². The number of nitrogens with two attached hydrogens (primary N) is 1. The average Bonchev–Trinajstić information content (AvgIpc) is 2.84. The van der Waals surface area contributed by atoms with Crippen molar-refractivity contribution in [3.63, 3.8) is 0 Å². The molecule has 130 valence electrons. The number of rotatable bonds is 2. The van der Waals surface area contributed by atoms with Gasteiger partial charge >= 0.3 is 6.09 Å². The van der Waals surface area contributed by atoms with Crippen molar-refractivity contribution in [3.05, 3.63) is 35.1 Å². The monoisotopic (exact) mass is 404 g/mol. The number of halogens is 1. The van der Waals surface area contributed by atoms with Crippen molar-refractivity contribution in [2.45, 2.75) is 26.4 Å². The molecule has 0 radical (unpaired) electrons. The summed E-state index contributed by atoms with van der Waals surface area (Å²) < 4.78 is 7.36. The van der Waals surface area contributed by atoms with Gasteiger partial charge in [0.15, 0.2) is 5.82 Å². The molecule has 25 heavy (non-hydrogen) atoms. The Bertz CT molecular complexity index is 930. The number of anilines is 2. The number of nitrogens with zero attached hydrogens (tertiary/aromatic N) is 4. The minimum absolute atomic E-state index is 0.337. The summed E-state index contributed by atoms with van der Waals surface area (Å²) in [5.41, 5.74) is 8.07. The maximum atomic E-state index is 11.8. The molecule has 2 heterocycles. The largest absolute Gasteiger partial charge is 0.444 e. The van der Waals surface area contributed by atoms with E-state index in [1.165, 1.54) is 11.0 Å². The van der Waals surface area contributed by atoms with Gasteiger partial charge in [-0.05, 0) is 48.8 Å². The SMILES string of the molecule is CC(C)(C)OC(=O)Nc1ccc(-c2nn3ncnc(N)c3c2Br)cc1. The smallest absolute Gasteiger partial charge is 0.412 e. The van der Waals surface area contributed by atoms with E-state index in [9.17, 15) is 4.79 Å². The van der Waals surface area contributed by atoms with Crippen LogP contribution in [-0.2, 0) is 4.74 Å². The van der Waals surface area contributed by atoms with Crippen LogP contribution in [0.25, 0.3) is 16.8 Å². The number of carbonyl (C=O) groups excluding carboxylic acids is 1. The quantitative estimate of drug-likeness (QED) is 0.676. The number of nitrogen functional groups attached to an aromatic ring is 1. The lowest BCUT2D eigenvalue weighted by Crippen LogP contribution is -2.27. The van der Waals surface area contributed by atoms with E-state index in [0.29, 0.717) is 27.2 Å². The zero-order chi connectivity index (χ0) is 18.2. The molecular weight excluding hydrogens is 388 g/mol. The normalized spacial score (nSPS) is 11.5. The van der Waals surface area contributed by atoms with Crippen molar-refractivity contribution in [1.29, 1.82) is 0 Å². The highest BCUT2D eigenvalue weighted by Gasteiger charge is 2.17. The van der Waals surface area contributed by atoms with Crippen molar-refractivity contribution in [3.8, 4) is 11.3 Å². The summed E-state index contributed by atoms with van der Waals surface area (Å²) in [6, 6.07) is 7.21. The third kappa shape index (κ3) is 3.71. The molecule has 3 rings (SSSR count). The van der Waals surface area contributed by atoms with E-state index >= 15 is 0 Å². The summed E-state index contributed by atoms with van der Waals surface area (Å²) in [7, 11) is 0. The fraction of sp³-hybridized carbons (Fsp3) is 0.250. The first-order valence-electron chi connectivity index (χ1n) is 7.50. The van der Waals surface area contributed by atoms with Gasteiger partial charge in [0.1, 0.15) is 23.1 Å². The van der Waals surface area contributed by atoms with Crippen LogP contribution in [0.15, 0.2) is 35.1 Å². The number of hydrogen-bond donors (Lipinski definition) is 2. The molecular formula is C16H17BrN6O2. The van der Waals surface area contributed by atoms with E-state index in [2.05, 4.69) is 36.4 Å². The first kappa shape index (κ1) is 17.2. The number of carbonyl (C=O) groups is 1. The Morgan fingerprint density at radius 1 is 1.28 bits per heavy atom. The van der Waals surface area contributed by atoms with E-state index in [4.69, 9.17) is 10.5 Å². The standard InChI is InChI=1S/C16H17BrN6O2/c1-16(2,3)25-15(24)21-10-6-4-9(5-7-10)12-11(17)13-14(18)19-8-20-23(13)22-12/h4-8H,1-3H3,(H,21,24)(H2,18,19,20). The molecule has 0 unspecified atom stereocenters. The second-order valence-corrected chi connectivity index (χ2v) is 7.14. The predicted octanol–water partition coefficient (Wildman–Crippen LogP) is 3.48. The molecule has 0 saturated heterocycles. The van der Waals surface area contributed by atoms with Crippen LogP contribution in [0.5, 0.6) is 0 Å². The third-order valence-corrected chi connectivity index (χ3v) is 3.97. The average molecular weight is 405 g/mol. The highest BCUT2D eigenvalue weighted by molar-refractivity contribution is 9.10. The topological polar surface area (TPSA) is 107 Å². The molecule has 0 bridgehead atoms. The van der Waals surface area contributed by atoms with E-state index in [1.807, 2.05) is 32.9 Å². The summed E-state index contributed by atoms with van der Waals surface area (Å²) in [5, 5.41) is 11.1. The molecule has 0 aliphatic heterocycles. The number of fused-ring (bicyclic) bond motifs is 1. The lowest BCUT2D eigenvalue weighted by Gasteiger charge is -2.19. The van der Waals surface area contributed by atoms with Gasteiger partial charge in [0.2, 0.25) is 0 Å². The molecule has 0 saturated carbocycles. The molecule has 3 aromatic rings.